The number of aromatic nitrogens is 1. The van der Waals surface area contributed by atoms with Gasteiger partial charge in [0.1, 0.15) is 22.7 Å². The molecule has 0 saturated carbocycles. The normalized spacial score (nSPS) is 11.6. The van der Waals surface area contributed by atoms with Gasteiger partial charge in [0.2, 0.25) is 0 Å². The molecule has 0 amide bonds. The van der Waals surface area contributed by atoms with Crippen LogP contribution in [0.5, 0.6) is 11.5 Å². The molecule has 3 nitrogen and oxygen atoms in total. The van der Waals surface area contributed by atoms with Crippen LogP contribution in [0.25, 0.3) is 60.6 Å². The number of para-hydroxylation sites is 3. The molecule has 0 atom stereocenters. The monoisotopic (exact) mass is 501 g/mol. The lowest BCUT2D eigenvalue weighted by Gasteiger charge is -2.10. The minimum atomic E-state index is 0.802. The molecule has 8 aromatic rings. The highest BCUT2D eigenvalue weighted by Gasteiger charge is 2.13. The maximum atomic E-state index is 6.43. The van der Waals surface area contributed by atoms with Crippen LogP contribution in [-0.4, -0.2) is 4.57 Å². The number of hydrogen-bond acceptors (Lipinski definition) is 2. The Morgan fingerprint density at radius 3 is 2.08 bits per heavy atom. The lowest BCUT2D eigenvalue weighted by atomic mass is 10.0. The average Bonchev–Trinajstić information content (AvgIpc) is 3.53. The molecule has 0 aliphatic heterocycles. The molecule has 0 bridgehead atoms. The summed E-state index contributed by atoms with van der Waals surface area (Å²) in [6, 6.07) is 48.2. The predicted octanol–water partition coefficient (Wildman–Crippen LogP) is 10.1. The fraction of sp³-hybridized carbons (Fsp3) is 0. The summed E-state index contributed by atoms with van der Waals surface area (Å²) in [5, 5.41) is 4.62. The van der Waals surface area contributed by atoms with Crippen molar-refractivity contribution in [3.63, 3.8) is 0 Å². The fourth-order valence-electron chi connectivity index (χ4n) is 5.65. The molecule has 184 valence electrons. The second kappa shape index (κ2) is 8.64. The molecule has 2 aromatic heterocycles. The summed E-state index contributed by atoms with van der Waals surface area (Å²) in [6.45, 7) is 0. The number of benzene rings is 6. The van der Waals surface area contributed by atoms with Gasteiger partial charge in [-0.3, -0.25) is 0 Å². The molecular formula is C36H23NO2. The third kappa shape index (κ3) is 3.59. The van der Waals surface area contributed by atoms with E-state index in [9.17, 15) is 0 Å². The standard InChI is InChI=1S/C36H23NO2/c1-2-10-26(11-3-1)37-33-15-6-4-13-29(33)31-23-28(18-19-34(31)37)38-27-12-8-9-24(21-27)25-17-20-36-32(22-25)30-14-5-7-16-35(30)39-36/h1-23H. The molecular weight excluding hydrogens is 478 g/mol. The number of furan rings is 1. The van der Waals surface area contributed by atoms with E-state index in [4.69, 9.17) is 9.15 Å². The summed E-state index contributed by atoms with van der Waals surface area (Å²) >= 11 is 0. The van der Waals surface area contributed by atoms with Gasteiger partial charge in [-0.25, -0.2) is 0 Å². The van der Waals surface area contributed by atoms with E-state index < -0.39 is 0 Å². The largest absolute Gasteiger partial charge is 0.457 e. The molecule has 39 heavy (non-hydrogen) atoms. The lowest BCUT2D eigenvalue weighted by Crippen LogP contribution is -1.93. The number of hydrogen-bond donors (Lipinski definition) is 0. The summed E-state index contributed by atoms with van der Waals surface area (Å²) in [6.07, 6.45) is 0. The van der Waals surface area contributed by atoms with E-state index in [1.807, 2.05) is 36.4 Å². The van der Waals surface area contributed by atoms with Crippen LogP contribution in [0.2, 0.25) is 0 Å². The molecule has 6 aromatic carbocycles. The van der Waals surface area contributed by atoms with E-state index in [1.165, 1.54) is 16.3 Å². The molecule has 0 fully saturated rings. The second-order valence-corrected chi connectivity index (χ2v) is 9.81. The Bertz CT molecular complexity index is 2150. The average molecular weight is 502 g/mol. The summed E-state index contributed by atoms with van der Waals surface area (Å²) in [5.74, 6) is 1.61. The Labute approximate surface area is 225 Å². The molecule has 0 N–H and O–H groups in total. The van der Waals surface area contributed by atoms with Crippen molar-refractivity contribution in [2.24, 2.45) is 0 Å². The van der Waals surface area contributed by atoms with Crippen LogP contribution in [0.15, 0.2) is 144 Å². The summed E-state index contributed by atoms with van der Waals surface area (Å²) < 4.78 is 14.8. The first-order valence-electron chi connectivity index (χ1n) is 13.1. The van der Waals surface area contributed by atoms with Gasteiger partial charge in [0.05, 0.1) is 11.0 Å². The number of nitrogens with zero attached hydrogens (tertiary/aromatic N) is 1. The van der Waals surface area contributed by atoms with Crippen molar-refractivity contribution < 1.29 is 9.15 Å². The summed E-state index contributed by atoms with van der Waals surface area (Å²) in [7, 11) is 0. The topological polar surface area (TPSA) is 27.3 Å². The fourth-order valence-corrected chi connectivity index (χ4v) is 5.65. The van der Waals surface area contributed by atoms with Crippen LogP contribution in [0.3, 0.4) is 0 Å². The highest BCUT2D eigenvalue weighted by molar-refractivity contribution is 6.10. The van der Waals surface area contributed by atoms with Crippen LogP contribution >= 0.6 is 0 Å². The van der Waals surface area contributed by atoms with E-state index >= 15 is 0 Å². The van der Waals surface area contributed by atoms with Crippen molar-refractivity contribution in [2.45, 2.75) is 0 Å². The van der Waals surface area contributed by atoms with Gasteiger partial charge in [0.15, 0.2) is 0 Å². The highest BCUT2D eigenvalue weighted by atomic mass is 16.5. The number of rotatable bonds is 4. The van der Waals surface area contributed by atoms with E-state index in [0.717, 1.165) is 55.8 Å². The van der Waals surface area contributed by atoms with Gasteiger partial charge >= 0.3 is 0 Å². The van der Waals surface area contributed by atoms with Gasteiger partial charge in [-0.05, 0) is 77.9 Å². The van der Waals surface area contributed by atoms with Crippen molar-refractivity contribution in [1.29, 1.82) is 0 Å². The minimum absolute atomic E-state index is 0.802. The van der Waals surface area contributed by atoms with E-state index in [0.29, 0.717) is 0 Å². The number of ether oxygens (including phenoxy) is 1. The van der Waals surface area contributed by atoms with E-state index in [2.05, 4.69) is 108 Å². The first-order chi connectivity index (χ1) is 19.3. The molecule has 0 saturated heterocycles. The second-order valence-electron chi connectivity index (χ2n) is 9.81. The van der Waals surface area contributed by atoms with Gasteiger partial charge in [-0.1, -0.05) is 72.8 Å². The first-order valence-corrected chi connectivity index (χ1v) is 13.1. The van der Waals surface area contributed by atoms with Crippen molar-refractivity contribution in [3.05, 3.63) is 140 Å². The van der Waals surface area contributed by atoms with Crippen LogP contribution in [0.1, 0.15) is 0 Å². The Kier molecular flexibility index (Phi) is 4.82. The summed E-state index contributed by atoms with van der Waals surface area (Å²) in [5.41, 5.74) is 7.51. The predicted molar refractivity (Wildman–Crippen MR) is 160 cm³/mol. The Balaban J connectivity index is 1.18. The van der Waals surface area contributed by atoms with E-state index in [-0.39, 0.29) is 0 Å². The van der Waals surface area contributed by atoms with Crippen LogP contribution < -0.4 is 4.74 Å². The van der Waals surface area contributed by atoms with Crippen molar-refractivity contribution in [3.8, 4) is 28.3 Å². The Morgan fingerprint density at radius 2 is 1.15 bits per heavy atom. The molecule has 0 radical (unpaired) electrons. The maximum absolute atomic E-state index is 6.43. The zero-order chi connectivity index (χ0) is 25.8. The third-order valence-corrected chi connectivity index (χ3v) is 7.44. The van der Waals surface area contributed by atoms with Crippen LogP contribution in [0, 0.1) is 0 Å². The molecule has 0 aliphatic carbocycles. The van der Waals surface area contributed by atoms with Gasteiger partial charge in [0, 0.05) is 27.2 Å². The van der Waals surface area contributed by atoms with Gasteiger partial charge in [-0.2, -0.15) is 0 Å². The Morgan fingerprint density at radius 1 is 0.436 bits per heavy atom. The van der Waals surface area contributed by atoms with Crippen LogP contribution in [-0.2, 0) is 0 Å². The minimum Gasteiger partial charge on any atom is -0.457 e. The van der Waals surface area contributed by atoms with Crippen molar-refractivity contribution >= 4 is 43.7 Å². The molecule has 0 aliphatic rings. The zero-order valence-electron chi connectivity index (χ0n) is 21.0. The van der Waals surface area contributed by atoms with Gasteiger partial charge in [0.25, 0.3) is 0 Å². The van der Waals surface area contributed by atoms with Crippen LogP contribution in [0.4, 0.5) is 0 Å². The molecule has 8 rings (SSSR count). The number of fused-ring (bicyclic) bond motifs is 6. The molecule has 3 heteroatoms. The molecule has 0 spiro atoms. The van der Waals surface area contributed by atoms with Gasteiger partial charge in [-0.15, -0.1) is 0 Å². The molecule has 2 heterocycles. The van der Waals surface area contributed by atoms with E-state index in [1.54, 1.807) is 0 Å². The summed E-state index contributed by atoms with van der Waals surface area (Å²) in [4.78, 5) is 0. The third-order valence-electron chi connectivity index (χ3n) is 7.44. The van der Waals surface area contributed by atoms with Gasteiger partial charge < -0.3 is 13.7 Å². The molecule has 0 unspecified atom stereocenters. The van der Waals surface area contributed by atoms with Crippen molar-refractivity contribution in [1.82, 2.24) is 4.57 Å². The van der Waals surface area contributed by atoms with Crippen molar-refractivity contribution in [2.75, 3.05) is 0 Å². The Hall–Kier alpha value is -5.28. The highest BCUT2D eigenvalue weighted by Crippen LogP contribution is 2.37. The maximum Gasteiger partial charge on any atom is 0.135 e. The smallest absolute Gasteiger partial charge is 0.135 e. The first kappa shape index (κ1) is 21.8. The lowest BCUT2D eigenvalue weighted by molar-refractivity contribution is 0.483. The SMILES string of the molecule is c1ccc(-n2c3ccccc3c3cc(Oc4cccc(-c5ccc6oc7ccccc7c6c5)c4)ccc32)cc1. The quantitative estimate of drug-likeness (QED) is 0.240. The zero-order valence-corrected chi connectivity index (χ0v) is 21.0.